The maximum absolute atomic E-state index is 12.6. The fourth-order valence-corrected chi connectivity index (χ4v) is 5.14. The van der Waals surface area contributed by atoms with Gasteiger partial charge in [-0.15, -0.1) is 0 Å². The minimum Gasteiger partial charge on any atom is -0.367 e. The van der Waals surface area contributed by atoms with Crippen molar-refractivity contribution in [2.45, 2.75) is 31.9 Å². The van der Waals surface area contributed by atoms with Gasteiger partial charge in [0.1, 0.15) is 6.61 Å². The zero-order chi connectivity index (χ0) is 22.7. The Morgan fingerprint density at radius 1 is 1.09 bits per heavy atom. The van der Waals surface area contributed by atoms with E-state index in [0.29, 0.717) is 12.5 Å². The van der Waals surface area contributed by atoms with E-state index >= 15 is 0 Å². The fraction of sp³-hybridized carbons (Fsp3) is 0.423. The molecule has 1 unspecified atom stereocenters. The Bertz CT molecular complexity index is 1060. The van der Waals surface area contributed by atoms with Gasteiger partial charge in [-0.25, -0.2) is 0 Å². The van der Waals surface area contributed by atoms with E-state index in [9.17, 15) is 4.79 Å². The molecular formula is C26H30N4O3. The van der Waals surface area contributed by atoms with Crippen molar-refractivity contribution in [2.24, 2.45) is 5.41 Å². The Balaban J connectivity index is 1.14. The van der Waals surface area contributed by atoms with Crippen LogP contribution in [0.2, 0.25) is 0 Å². The van der Waals surface area contributed by atoms with Crippen molar-refractivity contribution in [3.63, 3.8) is 0 Å². The average Bonchev–Trinajstić information content (AvgIpc) is 3.46. The predicted molar refractivity (Wildman–Crippen MR) is 124 cm³/mol. The molecule has 0 radical (unpaired) electrons. The molecule has 7 heteroatoms. The van der Waals surface area contributed by atoms with Crippen molar-refractivity contribution in [1.82, 2.24) is 19.9 Å². The molecule has 0 N–H and O–H groups in total. The fourth-order valence-electron chi connectivity index (χ4n) is 5.14. The lowest BCUT2D eigenvalue weighted by molar-refractivity contribution is -0.138. The third-order valence-corrected chi connectivity index (χ3v) is 7.02. The summed E-state index contributed by atoms with van der Waals surface area (Å²) in [4.78, 5) is 21.6. The topological polar surface area (TPSA) is 71.7 Å². The molecule has 2 aliphatic rings. The zero-order valence-corrected chi connectivity index (χ0v) is 19.0. The van der Waals surface area contributed by atoms with Gasteiger partial charge in [0, 0.05) is 25.2 Å². The molecule has 3 heterocycles. The van der Waals surface area contributed by atoms with Crippen LogP contribution in [0, 0.1) is 5.41 Å². The second-order valence-electron chi connectivity index (χ2n) is 9.32. The predicted octanol–water partition coefficient (Wildman–Crippen LogP) is 3.94. The van der Waals surface area contributed by atoms with E-state index in [2.05, 4.69) is 17.1 Å². The van der Waals surface area contributed by atoms with Crippen molar-refractivity contribution >= 4 is 5.91 Å². The second kappa shape index (κ2) is 9.45. The number of carbonyl (C=O) groups excluding carboxylic acids is 1. The summed E-state index contributed by atoms with van der Waals surface area (Å²) >= 11 is 0. The first kappa shape index (κ1) is 21.8. The largest absolute Gasteiger partial charge is 0.367 e. The number of ether oxygens (including phenoxy) is 1. The summed E-state index contributed by atoms with van der Waals surface area (Å²) in [5.74, 6) is 1.39. The van der Waals surface area contributed by atoms with Gasteiger partial charge < -0.3 is 14.2 Å². The van der Waals surface area contributed by atoms with Crippen LogP contribution in [-0.4, -0.2) is 59.1 Å². The quantitative estimate of drug-likeness (QED) is 0.571. The first-order valence-electron chi connectivity index (χ1n) is 11.6. The number of hydrogen-bond acceptors (Lipinski definition) is 6. The lowest BCUT2D eigenvalue weighted by atomic mass is 9.76. The van der Waals surface area contributed by atoms with Crippen LogP contribution in [0.3, 0.4) is 0 Å². The molecule has 2 aliphatic heterocycles. The monoisotopic (exact) mass is 446 g/mol. The van der Waals surface area contributed by atoms with Crippen molar-refractivity contribution in [3.8, 4) is 11.5 Å². The molecule has 2 aromatic carbocycles. The zero-order valence-electron chi connectivity index (χ0n) is 19.0. The van der Waals surface area contributed by atoms with E-state index in [1.54, 1.807) is 0 Å². The Morgan fingerprint density at radius 2 is 1.79 bits per heavy atom. The Labute approximate surface area is 194 Å². The number of likely N-dealkylation sites (tertiary alicyclic amines) is 2. The van der Waals surface area contributed by atoms with Gasteiger partial charge in [0.05, 0.1) is 12.6 Å². The van der Waals surface area contributed by atoms with E-state index in [4.69, 9.17) is 14.2 Å². The van der Waals surface area contributed by atoms with Crippen LogP contribution in [0.1, 0.15) is 36.7 Å². The van der Waals surface area contributed by atoms with Crippen LogP contribution < -0.4 is 0 Å². The van der Waals surface area contributed by atoms with Crippen LogP contribution in [0.25, 0.3) is 11.5 Å². The summed E-state index contributed by atoms with van der Waals surface area (Å²) in [6.07, 6.45) is 2.97. The van der Waals surface area contributed by atoms with Crippen molar-refractivity contribution in [2.75, 3.05) is 33.3 Å². The molecule has 1 amide bonds. The highest BCUT2D eigenvalue weighted by atomic mass is 16.5. The molecule has 2 fully saturated rings. The van der Waals surface area contributed by atoms with Gasteiger partial charge in [-0.2, -0.15) is 4.98 Å². The minimum absolute atomic E-state index is 0.0781. The number of carbonyl (C=O) groups is 1. The lowest BCUT2D eigenvalue weighted by Crippen LogP contribution is -2.45. The molecular weight excluding hydrogens is 416 g/mol. The van der Waals surface area contributed by atoms with E-state index in [0.717, 1.165) is 55.8 Å². The molecule has 33 heavy (non-hydrogen) atoms. The highest BCUT2D eigenvalue weighted by Gasteiger charge is 2.46. The summed E-state index contributed by atoms with van der Waals surface area (Å²) < 4.78 is 11.2. The molecule has 0 bridgehead atoms. The third-order valence-electron chi connectivity index (χ3n) is 7.02. The maximum Gasteiger partial charge on any atom is 0.257 e. The van der Waals surface area contributed by atoms with Gasteiger partial charge in [-0.1, -0.05) is 53.7 Å². The van der Waals surface area contributed by atoms with E-state index in [1.165, 1.54) is 0 Å². The molecule has 172 valence electrons. The smallest absolute Gasteiger partial charge is 0.257 e. The van der Waals surface area contributed by atoms with Crippen molar-refractivity contribution in [1.29, 1.82) is 0 Å². The summed E-state index contributed by atoms with van der Waals surface area (Å²) in [6.45, 7) is 3.13. The van der Waals surface area contributed by atoms with Crippen LogP contribution in [-0.2, 0) is 16.1 Å². The Morgan fingerprint density at radius 3 is 2.52 bits per heavy atom. The molecule has 1 spiro atoms. The summed E-state index contributed by atoms with van der Waals surface area (Å²) in [5.41, 5.74) is 2.21. The van der Waals surface area contributed by atoms with Gasteiger partial charge in [-0.05, 0) is 49.4 Å². The lowest BCUT2D eigenvalue weighted by Gasteiger charge is -2.39. The molecule has 2 saturated heterocycles. The highest BCUT2D eigenvalue weighted by Crippen LogP contribution is 2.47. The summed E-state index contributed by atoms with van der Waals surface area (Å²) in [6, 6.07) is 20.0. The number of benzene rings is 2. The number of piperidine rings is 1. The summed E-state index contributed by atoms with van der Waals surface area (Å²) in [5, 5.41) is 4.30. The normalized spacial score (nSPS) is 20.4. The van der Waals surface area contributed by atoms with E-state index in [1.807, 2.05) is 65.6 Å². The molecule has 1 atom stereocenters. The van der Waals surface area contributed by atoms with Gasteiger partial charge in [0.25, 0.3) is 5.89 Å². The maximum atomic E-state index is 12.6. The molecule has 7 nitrogen and oxygen atoms in total. The molecule has 0 aliphatic carbocycles. The molecule has 0 saturated carbocycles. The number of hydrogen-bond donors (Lipinski definition) is 0. The number of amides is 1. The first-order chi connectivity index (χ1) is 16.1. The van der Waals surface area contributed by atoms with Crippen LogP contribution in [0.5, 0.6) is 0 Å². The van der Waals surface area contributed by atoms with Gasteiger partial charge in [-0.3, -0.25) is 9.69 Å². The van der Waals surface area contributed by atoms with Crippen molar-refractivity contribution in [3.05, 3.63) is 72.1 Å². The van der Waals surface area contributed by atoms with Gasteiger partial charge in [0.2, 0.25) is 5.91 Å². The Hall–Kier alpha value is -3.03. The Kier molecular flexibility index (Phi) is 6.24. The van der Waals surface area contributed by atoms with Crippen LogP contribution >= 0.6 is 0 Å². The summed E-state index contributed by atoms with van der Waals surface area (Å²) in [7, 11) is 2.13. The molecule has 3 aromatic rings. The van der Waals surface area contributed by atoms with E-state index in [-0.39, 0.29) is 24.0 Å². The van der Waals surface area contributed by atoms with Crippen LogP contribution in [0.4, 0.5) is 0 Å². The standard InChI is InChI=1S/C26H30N4O3/c1-29-19-26(16-22(29)24-27-25(33-28-24)21-10-6-3-7-11-21)12-14-30(15-13-26)23(31)18-32-17-20-8-4-2-5-9-20/h2-11,22H,12-19H2,1H3. The van der Waals surface area contributed by atoms with Crippen molar-refractivity contribution < 1.29 is 14.1 Å². The third kappa shape index (κ3) is 4.84. The number of nitrogens with zero attached hydrogens (tertiary/aromatic N) is 4. The first-order valence-corrected chi connectivity index (χ1v) is 11.6. The SMILES string of the molecule is CN1CC2(CCN(C(=O)COCc3ccccc3)CC2)CC1c1noc(-c2ccccc2)n1. The molecule has 5 rings (SSSR count). The van der Waals surface area contributed by atoms with Gasteiger partial charge >= 0.3 is 0 Å². The number of aromatic nitrogens is 2. The second-order valence-corrected chi connectivity index (χ2v) is 9.32. The molecule has 1 aromatic heterocycles. The number of rotatable bonds is 6. The minimum atomic E-state index is 0.0781. The highest BCUT2D eigenvalue weighted by molar-refractivity contribution is 5.77. The van der Waals surface area contributed by atoms with Gasteiger partial charge in [0.15, 0.2) is 5.82 Å². The average molecular weight is 447 g/mol. The van der Waals surface area contributed by atoms with Crippen LogP contribution in [0.15, 0.2) is 65.2 Å². The van der Waals surface area contributed by atoms with E-state index < -0.39 is 0 Å².